The fraction of sp³-hybridized carbons (Fsp3) is 1.00. The minimum absolute atomic E-state index is 0.0491. The molecular formula is C18H38O. The largest absolute Gasteiger partial charge is 0.393 e. The molecule has 1 nitrogen and oxygen atoms in total. The van der Waals surface area contributed by atoms with E-state index in [1.807, 2.05) is 0 Å². The Labute approximate surface area is 122 Å². The average Bonchev–Trinajstić information content (AvgIpc) is 2.39. The maximum absolute atomic E-state index is 9.99. The molecule has 0 fully saturated rings. The Hall–Kier alpha value is -0.0400. The summed E-state index contributed by atoms with van der Waals surface area (Å²) >= 11 is 0. The van der Waals surface area contributed by atoms with Crippen molar-refractivity contribution in [2.45, 2.75) is 110 Å². The Morgan fingerprint density at radius 3 is 1.79 bits per heavy atom. The second-order valence-corrected chi connectivity index (χ2v) is 6.40. The van der Waals surface area contributed by atoms with Crippen LogP contribution in [0.2, 0.25) is 0 Å². The summed E-state index contributed by atoms with van der Waals surface area (Å²) in [5.41, 5.74) is 0. The third-order valence-electron chi connectivity index (χ3n) is 4.12. The number of aliphatic hydroxyl groups excluding tert-OH is 1. The summed E-state index contributed by atoms with van der Waals surface area (Å²) in [6.07, 6.45) is 16.7. The molecule has 0 aliphatic carbocycles. The molecule has 2 atom stereocenters. The van der Waals surface area contributed by atoms with Gasteiger partial charge in [-0.05, 0) is 18.8 Å². The van der Waals surface area contributed by atoms with E-state index in [1.165, 1.54) is 70.6 Å². The Kier molecular flexibility index (Phi) is 14.3. The zero-order chi connectivity index (χ0) is 14.3. The van der Waals surface area contributed by atoms with Crippen LogP contribution in [-0.2, 0) is 0 Å². The van der Waals surface area contributed by atoms with Crippen molar-refractivity contribution in [1.82, 2.24) is 0 Å². The Bertz CT molecular complexity index is 167. The maximum Gasteiger partial charge on any atom is 0.0542 e. The lowest BCUT2D eigenvalue weighted by atomic mass is 9.95. The molecule has 0 aliphatic rings. The van der Waals surface area contributed by atoms with E-state index in [9.17, 15) is 5.11 Å². The summed E-state index contributed by atoms with van der Waals surface area (Å²) < 4.78 is 0. The van der Waals surface area contributed by atoms with Crippen LogP contribution in [0.5, 0.6) is 0 Å². The van der Waals surface area contributed by atoms with E-state index < -0.39 is 0 Å². The van der Waals surface area contributed by atoms with Crippen LogP contribution in [-0.4, -0.2) is 11.2 Å². The van der Waals surface area contributed by atoms with Crippen molar-refractivity contribution < 1.29 is 5.11 Å². The molecule has 0 saturated carbocycles. The number of unbranched alkanes of at least 4 members (excludes halogenated alkanes) is 8. The van der Waals surface area contributed by atoms with Crippen LogP contribution in [0.3, 0.4) is 0 Å². The van der Waals surface area contributed by atoms with E-state index in [1.54, 1.807) is 0 Å². The van der Waals surface area contributed by atoms with E-state index in [0.717, 1.165) is 12.8 Å². The average molecular weight is 271 g/mol. The van der Waals surface area contributed by atoms with Crippen LogP contribution in [0.15, 0.2) is 0 Å². The van der Waals surface area contributed by atoms with Crippen LogP contribution in [0.1, 0.15) is 104 Å². The van der Waals surface area contributed by atoms with Gasteiger partial charge in [0.05, 0.1) is 6.10 Å². The van der Waals surface area contributed by atoms with E-state index >= 15 is 0 Å². The smallest absolute Gasteiger partial charge is 0.0542 e. The SMILES string of the molecule is CCCCCCCCCC[C@H](O)C[C@H](C)CCCC. The number of aliphatic hydroxyl groups is 1. The predicted molar refractivity (Wildman–Crippen MR) is 86.5 cm³/mol. The van der Waals surface area contributed by atoms with Gasteiger partial charge >= 0.3 is 0 Å². The lowest BCUT2D eigenvalue weighted by Crippen LogP contribution is -2.11. The molecule has 0 aromatic heterocycles. The van der Waals surface area contributed by atoms with Gasteiger partial charge in [-0.1, -0.05) is 91.4 Å². The highest BCUT2D eigenvalue weighted by atomic mass is 16.3. The van der Waals surface area contributed by atoms with Gasteiger partial charge in [0, 0.05) is 0 Å². The van der Waals surface area contributed by atoms with E-state index in [4.69, 9.17) is 0 Å². The van der Waals surface area contributed by atoms with Gasteiger partial charge in [-0.2, -0.15) is 0 Å². The molecule has 0 aromatic carbocycles. The summed E-state index contributed by atoms with van der Waals surface area (Å²) in [5.74, 6) is 0.698. The van der Waals surface area contributed by atoms with Gasteiger partial charge in [0.15, 0.2) is 0 Å². The molecule has 0 aliphatic heterocycles. The molecule has 19 heavy (non-hydrogen) atoms. The molecule has 1 heteroatoms. The van der Waals surface area contributed by atoms with Crippen molar-refractivity contribution in [1.29, 1.82) is 0 Å². The van der Waals surface area contributed by atoms with Crippen molar-refractivity contribution in [2.24, 2.45) is 5.92 Å². The Balaban J connectivity index is 3.26. The number of hydrogen-bond donors (Lipinski definition) is 1. The van der Waals surface area contributed by atoms with Crippen LogP contribution in [0, 0.1) is 5.92 Å². The molecule has 0 radical (unpaired) electrons. The van der Waals surface area contributed by atoms with Crippen LogP contribution >= 0.6 is 0 Å². The van der Waals surface area contributed by atoms with Crippen molar-refractivity contribution in [3.63, 3.8) is 0 Å². The summed E-state index contributed by atoms with van der Waals surface area (Å²) in [4.78, 5) is 0. The van der Waals surface area contributed by atoms with Crippen LogP contribution in [0.25, 0.3) is 0 Å². The first-order chi connectivity index (χ1) is 9.20. The quantitative estimate of drug-likeness (QED) is 0.378. The van der Waals surface area contributed by atoms with Crippen LogP contribution < -0.4 is 0 Å². The first-order valence-electron chi connectivity index (χ1n) is 8.88. The fourth-order valence-corrected chi connectivity index (χ4v) is 2.77. The van der Waals surface area contributed by atoms with Crippen molar-refractivity contribution >= 4 is 0 Å². The highest BCUT2D eigenvalue weighted by molar-refractivity contribution is 4.62. The third kappa shape index (κ3) is 14.2. The Morgan fingerprint density at radius 2 is 1.21 bits per heavy atom. The summed E-state index contributed by atoms with van der Waals surface area (Å²) in [6, 6.07) is 0. The van der Waals surface area contributed by atoms with Gasteiger partial charge in [-0.3, -0.25) is 0 Å². The topological polar surface area (TPSA) is 20.2 Å². The lowest BCUT2D eigenvalue weighted by Gasteiger charge is -2.16. The molecule has 1 N–H and O–H groups in total. The molecule has 116 valence electrons. The second kappa shape index (κ2) is 14.4. The monoisotopic (exact) mass is 270 g/mol. The van der Waals surface area contributed by atoms with E-state index in [-0.39, 0.29) is 6.10 Å². The molecule has 0 heterocycles. The van der Waals surface area contributed by atoms with Gasteiger partial charge in [-0.25, -0.2) is 0 Å². The van der Waals surface area contributed by atoms with Gasteiger partial charge in [-0.15, -0.1) is 0 Å². The van der Waals surface area contributed by atoms with Crippen molar-refractivity contribution in [3.8, 4) is 0 Å². The molecule has 0 rings (SSSR count). The Morgan fingerprint density at radius 1 is 0.684 bits per heavy atom. The minimum atomic E-state index is -0.0491. The zero-order valence-corrected chi connectivity index (χ0v) is 13.8. The number of rotatable bonds is 14. The predicted octanol–water partition coefficient (Wildman–Crippen LogP) is 6.09. The van der Waals surface area contributed by atoms with Gasteiger partial charge < -0.3 is 5.11 Å². The molecule has 0 amide bonds. The normalized spacial score (nSPS) is 14.5. The minimum Gasteiger partial charge on any atom is -0.393 e. The standard InChI is InChI=1S/C18H38O/c1-4-6-8-9-10-11-12-13-15-18(19)16-17(3)14-7-5-2/h17-19H,4-16H2,1-3H3/t17-,18+/m1/s1. The van der Waals surface area contributed by atoms with Gasteiger partial charge in [0.2, 0.25) is 0 Å². The molecular weight excluding hydrogens is 232 g/mol. The molecule has 0 saturated heterocycles. The summed E-state index contributed by atoms with van der Waals surface area (Å²) in [5, 5.41) is 9.99. The van der Waals surface area contributed by atoms with Crippen molar-refractivity contribution in [2.75, 3.05) is 0 Å². The molecule has 0 spiro atoms. The summed E-state index contributed by atoms with van der Waals surface area (Å²) in [7, 11) is 0. The third-order valence-corrected chi connectivity index (χ3v) is 4.12. The molecule has 0 unspecified atom stereocenters. The second-order valence-electron chi connectivity index (χ2n) is 6.40. The summed E-state index contributed by atoms with van der Waals surface area (Å²) in [6.45, 7) is 6.79. The van der Waals surface area contributed by atoms with Gasteiger partial charge in [0.25, 0.3) is 0 Å². The van der Waals surface area contributed by atoms with Crippen LogP contribution in [0.4, 0.5) is 0 Å². The van der Waals surface area contributed by atoms with Crippen molar-refractivity contribution in [3.05, 3.63) is 0 Å². The first kappa shape index (κ1) is 19.0. The molecule has 0 bridgehead atoms. The first-order valence-corrected chi connectivity index (χ1v) is 8.88. The van der Waals surface area contributed by atoms with E-state index in [0.29, 0.717) is 5.92 Å². The fourth-order valence-electron chi connectivity index (χ4n) is 2.77. The maximum atomic E-state index is 9.99. The highest BCUT2D eigenvalue weighted by Gasteiger charge is 2.09. The van der Waals surface area contributed by atoms with E-state index in [2.05, 4.69) is 20.8 Å². The molecule has 0 aromatic rings. The lowest BCUT2D eigenvalue weighted by molar-refractivity contribution is 0.130. The van der Waals surface area contributed by atoms with Gasteiger partial charge in [0.1, 0.15) is 0 Å². The highest BCUT2D eigenvalue weighted by Crippen LogP contribution is 2.18. The number of hydrogen-bond acceptors (Lipinski definition) is 1. The zero-order valence-electron chi connectivity index (χ0n) is 13.8.